The van der Waals surface area contributed by atoms with Gasteiger partial charge in [-0.3, -0.25) is 4.79 Å². The first-order valence-electron chi connectivity index (χ1n) is 10.4. The Labute approximate surface area is 178 Å². The topological polar surface area (TPSA) is 71.9 Å². The van der Waals surface area contributed by atoms with Crippen molar-refractivity contribution in [3.05, 3.63) is 70.9 Å². The molecular weight excluding hydrogens is 398 g/mol. The van der Waals surface area contributed by atoms with Gasteiger partial charge in [0.1, 0.15) is 17.3 Å². The highest BCUT2D eigenvalue weighted by molar-refractivity contribution is 5.98. The Morgan fingerprint density at radius 2 is 2.06 bits per heavy atom. The Morgan fingerprint density at radius 3 is 2.87 bits per heavy atom. The number of rotatable bonds is 4. The van der Waals surface area contributed by atoms with Gasteiger partial charge in [-0.1, -0.05) is 18.2 Å². The van der Waals surface area contributed by atoms with E-state index in [0.717, 1.165) is 30.9 Å². The van der Waals surface area contributed by atoms with Gasteiger partial charge in [0.25, 0.3) is 5.91 Å². The summed E-state index contributed by atoms with van der Waals surface area (Å²) >= 11 is 0. The van der Waals surface area contributed by atoms with E-state index in [4.69, 9.17) is 0 Å². The molecule has 2 N–H and O–H groups in total. The van der Waals surface area contributed by atoms with E-state index < -0.39 is 11.6 Å². The number of likely N-dealkylation sites (tertiary alicyclic amines) is 1. The number of carbonyl (C=O) groups excluding carboxylic acids is 1. The van der Waals surface area contributed by atoms with Crippen LogP contribution in [0, 0.1) is 28.4 Å². The van der Waals surface area contributed by atoms with Crippen LogP contribution in [0.5, 0.6) is 0 Å². The molecule has 2 fully saturated rings. The van der Waals surface area contributed by atoms with Crippen LogP contribution in [0.4, 0.5) is 8.78 Å². The summed E-state index contributed by atoms with van der Waals surface area (Å²) < 4.78 is 27.4. The third-order valence-electron chi connectivity index (χ3n) is 6.64. The fourth-order valence-corrected chi connectivity index (χ4v) is 5.06. The summed E-state index contributed by atoms with van der Waals surface area (Å²) in [7, 11) is 0. The number of aromatic nitrogens is 1. The normalized spacial score (nSPS) is 19.5. The Balaban J connectivity index is 1.19. The van der Waals surface area contributed by atoms with Gasteiger partial charge in [0.2, 0.25) is 0 Å². The predicted molar refractivity (Wildman–Crippen MR) is 112 cm³/mol. The molecule has 0 bridgehead atoms. The van der Waals surface area contributed by atoms with Gasteiger partial charge in [-0.15, -0.1) is 0 Å². The third kappa shape index (κ3) is 3.57. The number of H-pyrrole nitrogens is 1. The summed E-state index contributed by atoms with van der Waals surface area (Å²) in [5.74, 6) is -1.52. The average molecular weight is 420 g/mol. The molecule has 2 aliphatic rings. The van der Waals surface area contributed by atoms with E-state index in [1.165, 1.54) is 12.1 Å². The second-order valence-corrected chi connectivity index (χ2v) is 8.78. The number of nitrogens with zero attached hydrogens (tertiary/aromatic N) is 2. The maximum atomic E-state index is 13.9. The van der Waals surface area contributed by atoms with Gasteiger partial charge in [-0.05, 0) is 43.0 Å². The van der Waals surface area contributed by atoms with E-state index in [9.17, 15) is 18.8 Å². The fourth-order valence-electron chi connectivity index (χ4n) is 5.06. The quantitative estimate of drug-likeness (QED) is 0.668. The van der Waals surface area contributed by atoms with Gasteiger partial charge in [0.15, 0.2) is 0 Å². The highest BCUT2D eigenvalue weighted by Crippen LogP contribution is 2.46. The number of fused-ring (bicyclic) bond motifs is 1. The van der Waals surface area contributed by atoms with Gasteiger partial charge < -0.3 is 15.2 Å². The van der Waals surface area contributed by atoms with Crippen molar-refractivity contribution in [2.75, 3.05) is 13.1 Å². The van der Waals surface area contributed by atoms with Gasteiger partial charge >= 0.3 is 0 Å². The maximum absolute atomic E-state index is 13.9. The van der Waals surface area contributed by atoms with Crippen LogP contribution in [-0.4, -0.2) is 34.9 Å². The average Bonchev–Trinajstić information content (AvgIpc) is 3.36. The zero-order valence-corrected chi connectivity index (χ0v) is 16.9. The number of nitrogens with one attached hydrogen (secondary N) is 2. The van der Waals surface area contributed by atoms with Crippen LogP contribution in [0.3, 0.4) is 0 Å². The van der Waals surface area contributed by atoms with Gasteiger partial charge in [0.05, 0.1) is 17.1 Å². The highest BCUT2D eigenvalue weighted by Gasteiger charge is 2.49. The number of hydrogen-bond acceptors (Lipinski definition) is 3. The first-order chi connectivity index (χ1) is 15.0. The largest absolute Gasteiger partial charge is 0.350 e. The van der Waals surface area contributed by atoms with Crippen molar-refractivity contribution in [1.29, 1.82) is 5.26 Å². The van der Waals surface area contributed by atoms with Crippen LogP contribution in [-0.2, 0) is 6.54 Å². The molecule has 1 aromatic heterocycles. The van der Waals surface area contributed by atoms with E-state index >= 15 is 0 Å². The first kappa shape index (κ1) is 19.7. The Hall–Kier alpha value is -3.24. The zero-order valence-electron chi connectivity index (χ0n) is 16.9. The molecule has 5 rings (SSSR count). The lowest BCUT2D eigenvalue weighted by atomic mass is 9.78. The smallest absolute Gasteiger partial charge is 0.270 e. The van der Waals surface area contributed by atoms with Crippen LogP contribution in [0.1, 0.15) is 40.9 Å². The minimum Gasteiger partial charge on any atom is -0.350 e. The molecule has 3 aromatic rings. The molecule has 1 saturated carbocycles. The number of carbonyl (C=O) groups is 1. The number of hydrogen-bond donors (Lipinski definition) is 2. The molecule has 2 aromatic carbocycles. The molecule has 1 aliphatic carbocycles. The van der Waals surface area contributed by atoms with Crippen molar-refractivity contribution in [2.45, 2.75) is 31.8 Å². The molecule has 158 valence electrons. The van der Waals surface area contributed by atoms with E-state index in [-0.39, 0.29) is 22.4 Å². The molecule has 7 heteroatoms. The van der Waals surface area contributed by atoms with E-state index in [0.29, 0.717) is 36.8 Å². The lowest BCUT2D eigenvalue weighted by Crippen LogP contribution is -2.57. The van der Waals surface area contributed by atoms with Crippen molar-refractivity contribution in [1.82, 2.24) is 15.2 Å². The number of aromatic amines is 1. The molecule has 1 spiro atoms. The van der Waals surface area contributed by atoms with Crippen molar-refractivity contribution < 1.29 is 13.6 Å². The molecule has 0 radical (unpaired) electrons. The number of amides is 1. The van der Waals surface area contributed by atoms with E-state index in [1.54, 1.807) is 4.90 Å². The summed E-state index contributed by atoms with van der Waals surface area (Å²) in [6, 6.07) is 13.7. The monoisotopic (exact) mass is 420 g/mol. The second kappa shape index (κ2) is 7.47. The van der Waals surface area contributed by atoms with Crippen LogP contribution < -0.4 is 5.32 Å². The summed E-state index contributed by atoms with van der Waals surface area (Å²) in [6.07, 6.45) is 3.06. The molecule has 31 heavy (non-hydrogen) atoms. The summed E-state index contributed by atoms with van der Waals surface area (Å²) in [6.45, 7) is 2.00. The van der Waals surface area contributed by atoms with Gasteiger partial charge in [0, 0.05) is 42.5 Å². The van der Waals surface area contributed by atoms with Crippen LogP contribution in [0.25, 0.3) is 10.9 Å². The molecule has 5 nitrogen and oxygen atoms in total. The van der Waals surface area contributed by atoms with Crippen molar-refractivity contribution in [3.8, 4) is 6.07 Å². The lowest BCUT2D eigenvalue weighted by Gasteiger charge is -2.48. The SMILES string of the molecule is N#Cc1ccccc1CNC1CCC2(C1)CN(C(=O)c1cc3c(F)cc(F)cc3[nH]1)C2. The summed E-state index contributed by atoms with van der Waals surface area (Å²) in [4.78, 5) is 17.5. The second-order valence-electron chi connectivity index (χ2n) is 8.78. The minimum atomic E-state index is -0.673. The summed E-state index contributed by atoms with van der Waals surface area (Å²) in [5.41, 5.74) is 2.39. The number of halogens is 2. The fraction of sp³-hybridized carbons (Fsp3) is 0.333. The number of benzene rings is 2. The highest BCUT2D eigenvalue weighted by atomic mass is 19.1. The number of nitriles is 1. The van der Waals surface area contributed by atoms with Crippen molar-refractivity contribution in [2.24, 2.45) is 5.41 Å². The molecule has 1 saturated heterocycles. The Morgan fingerprint density at radius 1 is 1.26 bits per heavy atom. The van der Waals surface area contributed by atoms with Gasteiger partial charge in [-0.2, -0.15) is 5.26 Å². The van der Waals surface area contributed by atoms with Crippen LogP contribution in [0.2, 0.25) is 0 Å². The lowest BCUT2D eigenvalue weighted by molar-refractivity contribution is 0.00771. The zero-order chi connectivity index (χ0) is 21.6. The molecule has 1 atom stereocenters. The van der Waals surface area contributed by atoms with Crippen LogP contribution >= 0.6 is 0 Å². The standard InChI is InChI=1S/C24H22F2N4O/c25-17-7-20(26)19-9-22(29-21(19)8-17)23(31)30-13-24(14-30)6-5-18(10-24)28-12-16-4-2-1-3-15(16)11-27/h1-4,7-9,18,28-29H,5-6,10,12-14H2. The Kier molecular flexibility index (Phi) is 4.75. The van der Waals surface area contributed by atoms with Gasteiger partial charge in [-0.25, -0.2) is 8.78 Å². The molecule has 1 aliphatic heterocycles. The molecule has 1 unspecified atom stereocenters. The van der Waals surface area contributed by atoms with Crippen molar-refractivity contribution >= 4 is 16.8 Å². The summed E-state index contributed by atoms with van der Waals surface area (Å²) in [5, 5.41) is 13.0. The maximum Gasteiger partial charge on any atom is 0.270 e. The predicted octanol–water partition coefficient (Wildman–Crippen LogP) is 4.10. The Bertz CT molecular complexity index is 1210. The van der Waals surface area contributed by atoms with Crippen LogP contribution in [0.15, 0.2) is 42.5 Å². The first-order valence-corrected chi connectivity index (χ1v) is 10.4. The third-order valence-corrected chi connectivity index (χ3v) is 6.64. The van der Waals surface area contributed by atoms with E-state index in [2.05, 4.69) is 16.4 Å². The molecule has 2 heterocycles. The minimum absolute atomic E-state index is 0.117. The molecule has 1 amide bonds. The van der Waals surface area contributed by atoms with Crippen molar-refractivity contribution in [3.63, 3.8) is 0 Å². The molecular formula is C24H22F2N4O. The van der Waals surface area contributed by atoms with E-state index in [1.807, 2.05) is 24.3 Å².